The second-order valence-corrected chi connectivity index (χ2v) is 7.90. The van der Waals surface area contributed by atoms with Crippen molar-refractivity contribution >= 4 is 0 Å². The van der Waals surface area contributed by atoms with Gasteiger partial charge in [0, 0.05) is 0 Å². The van der Waals surface area contributed by atoms with E-state index in [1.54, 1.807) is 44.2 Å². The number of phenolic OH excluding ortho intramolecular Hbond substituents is 2. The second-order valence-electron chi connectivity index (χ2n) is 7.90. The van der Waals surface area contributed by atoms with Crippen LogP contribution in [0.3, 0.4) is 0 Å². The van der Waals surface area contributed by atoms with Gasteiger partial charge in [-0.1, -0.05) is 42.5 Å². The van der Waals surface area contributed by atoms with Crippen molar-refractivity contribution in [1.82, 2.24) is 0 Å². The lowest BCUT2D eigenvalue weighted by Crippen LogP contribution is -1.97. The van der Waals surface area contributed by atoms with Gasteiger partial charge in [0.15, 0.2) is 11.5 Å². The number of rotatable bonds is 6. The quantitative estimate of drug-likeness (QED) is 0.344. The minimum atomic E-state index is -0.283. The number of ether oxygens (including phenoxy) is 2. The zero-order valence-corrected chi connectivity index (χ0v) is 18.7. The first-order chi connectivity index (χ1) is 15.9. The predicted octanol–water partition coefficient (Wildman–Crippen LogP) is 6.78. The third kappa shape index (κ3) is 4.48. The number of aryl methyl sites for hydroxylation is 1. The van der Waals surface area contributed by atoms with E-state index in [4.69, 9.17) is 9.47 Å². The third-order valence-corrected chi connectivity index (χ3v) is 5.69. The normalized spacial score (nSPS) is 10.8. The molecule has 0 bridgehead atoms. The monoisotopic (exact) mass is 444 g/mol. The van der Waals surface area contributed by atoms with Gasteiger partial charge in [0.25, 0.3) is 0 Å². The van der Waals surface area contributed by atoms with Crippen molar-refractivity contribution in [2.75, 3.05) is 7.11 Å². The van der Waals surface area contributed by atoms with E-state index in [9.17, 15) is 14.6 Å². The van der Waals surface area contributed by atoms with Gasteiger partial charge < -0.3 is 19.7 Å². The zero-order valence-electron chi connectivity index (χ0n) is 18.7. The van der Waals surface area contributed by atoms with E-state index in [0.717, 1.165) is 16.7 Å². The standard InChI is InChI=1S/C28H25FO4/c1-17-13-20(9-11-23(17)29)22-15-26(32-3)27(28(31)18(22)2)21-10-12-25(24(30)14-21)33-16-19-7-5-4-6-8-19/h4-15,30-31H,16H2,1-3H3. The average molecular weight is 445 g/mol. The molecule has 0 aliphatic heterocycles. The Kier molecular flexibility index (Phi) is 6.22. The van der Waals surface area contributed by atoms with E-state index >= 15 is 0 Å². The summed E-state index contributed by atoms with van der Waals surface area (Å²) in [6.45, 7) is 3.82. The highest BCUT2D eigenvalue weighted by Gasteiger charge is 2.20. The van der Waals surface area contributed by atoms with Crippen LogP contribution >= 0.6 is 0 Å². The summed E-state index contributed by atoms with van der Waals surface area (Å²) < 4.78 is 25.1. The van der Waals surface area contributed by atoms with Gasteiger partial charge in [0.1, 0.15) is 23.9 Å². The molecule has 0 amide bonds. The van der Waals surface area contributed by atoms with Crippen LogP contribution in [0.5, 0.6) is 23.0 Å². The van der Waals surface area contributed by atoms with Crippen molar-refractivity contribution in [3.05, 3.63) is 95.3 Å². The Labute approximate surface area is 192 Å². The minimum absolute atomic E-state index is 0.0312. The SMILES string of the molecule is COc1cc(-c2ccc(F)c(C)c2)c(C)c(O)c1-c1ccc(OCc2ccccc2)c(O)c1. The molecule has 0 saturated heterocycles. The lowest BCUT2D eigenvalue weighted by Gasteiger charge is -2.18. The van der Waals surface area contributed by atoms with Gasteiger partial charge in [0.05, 0.1) is 12.7 Å². The molecule has 168 valence electrons. The van der Waals surface area contributed by atoms with E-state index in [-0.39, 0.29) is 17.3 Å². The molecule has 0 atom stereocenters. The van der Waals surface area contributed by atoms with Crippen LogP contribution in [0.15, 0.2) is 72.8 Å². The summed E-state index contributed by atoms with van der Waals surface area (Å²) in [5, 5.41) is 21.6. The maximum atomic E-state index is 13.7. The van der Waals surface area contributed by atoms with Gasteiger partial charge in [-0.2, -0.15) is 0 Å². The molecule has 0 spiro atoms. The molecule has 33 heavy (non-hydrogen) atoms. The number of methoxy groups -OCH3 is 1. The number of phenols is 2. The Morgan fingerprint density at radius 1 is 0.818 bits per heavy atom. The molecular formula is C28H25FO4. The van der Waals surface area contributed by atoms with Gasteiger partial charge in [-0.15, -0.1) is 0 Å². The van der Waals surface area contributed by atoms with E-state index in [1.165, 1.54) is 13.2 Å². The van der Waals surface area contributed by atoms with Crippen LogP contribution in [0.4, 0.5) is 4.39 Å². The highest BCUT2D eigenvalue weighted by Crippen LogP contribution is 2.46. The topological polar surface area (TPSA) is 58.9 Å². The van der Waals surface area contributed by atoms with Crippen molar-refractivity contribution < 1.29 is 24.1 Å². The third-order valence-electron chi connectivity index (χ3n) is 5.69. The molecule has 0 aliphatic carbocycles. The molecular weight excluding hydrogens is 419 g/mol. The van der Waals surface area contributed by atoms with Gasteiger partial charge in [0.2, 0.25) is 0 Å². The van der Waals surface area contributed by atoms with Crippen LogP contribution in [0, 0.1) is 19.7 Å². The second kappa shape index (κ2) is 9.25. The average Bonchev–Trinajstić information content (AvgIpc) is 2.82. The molecule has 0 aromatic heterocycles. The fraction of sp³-hybridized carbons (Fsp3) is 0.143. The first-order valence-corrected chi connectivity index (χ1v) is 10.6. The first kappa shape index (κ1) is 22.2. The molecule has 0 saturated carbocycles. The lowest BCUT2D eigenvalue weighted by molar-refractivity contribution is 0.289. The Morgan fingerprint density at radius 2 is 1.55 bits per heavy atom. The highest BCUT2D eigenvalue weighted by molar-refractivity contribution is 5.85. The molecule has 4 rings (SSSR count). The molecule has 5 heteroatoms. The Hall–Kier alpha value is -3.99. The zero-order chi connectivity index (χ0) is 23.5. The van der Waals surface area contributed by atoms with Crippen molar-refractivity contribution in [3.8, 4) is 45.3 Å². The summed E-state index contributed by atoms with van der Waals surface area (Å²) in [5.41, 5.74) is 4.69. The molecule has 0 fully saturated rings. The fourth-order valence-corrected chi connectivity index (χ4v) is 3.83. The lowest BCUT2D eigenvalue weighted by atomic mass is 9.92. The van der Waals surface area contributed by atoms with E-state index in [0.29, 0.717) is 40.4 Å². The summed E-state index contributed by atoms with van der Waals surface area (Å²) in [4.78, 5) is 0. The van der Waals surface area contributed by atoms with Gasteiger partial charge >= 0.3 is 0 Å². The minimum Gasteiger partial charge on any atom is -0.507 e. The van der Waals surface area contributed by atoms with Crippen LogP contribution in [0.2, 0.25) is 0 Å². The number of aromatic hydroxyl groups is 2. The maximum Gasteiger partial charge on any atom is 0.161 e. The summed E-state index contributed by atoms with van der Waals surface area (Å²) in [6.07, 6.45) is 0. The van der Waals surface area contributed by atoms with E-state index < -0.39 is 0 Å². The largest absolute Gasteiger partial charge is 0.507 e. The Balaban J connectivity index is 1.70. The molecule has 4 aromatic rings. The number of hydrogen-bond donors (Lipinski definition) is 2. The molecule has 2 N–H and O–H groups in total. The molecule has 4 nitrogen and oxygen atoms in total. The predicted molar refractivity (Wildman–Crippen MR) is 127 cm³/mol. The summed E-state index contributed by atoms with van der Waals surface area (Å²) >= 11 is 0. The Morgan fingerprint density at radius 3 is 2.21 bits per heavy atom. The van der Waals surface area contributed by atoms with Gasteiger partial charge in [-0.05, 0) is 77.6 Å². The van der Waals surface area contributed by atoms with E-state index in [2.05, 4.69) is 0 Å². The summed E-state index contributed by atoms with van der Waals surface area (Å²) in [6, 6.07) is 21.3. The fourth-order valence-electron chi connectivity index (χ4n) is 3.83. The Bertz CT molecular complexity index is 1300. The van der Waals surface area contributed by atoms with Crippen LogP contribution in [-0.2, 0) is 6.61 Å². The van der Waals surface area contributed by atoms with Crippen LogP contribution in [0.25, 0.3) is 22.3 Å². The van der Waals surface area contributed by atoms with Crippen LogP contribution in [0.1, 0.15) is 16.7 Å². The number of hydrogen-bond acceptors (Lipinski definition) is 4. The number of benzene rings is 4. The molecule has 4 aromatic carbocycles. The van der Waals surface area contributed by atoms with Crippen molar-refractivity contribution in [2.24, 2.45) is 0 Å². The smallest absolute Gasteiger partial charge is 0.161 e. The van der Waals surface area contributed by atoms with Crippen molar-refractivity contribution in [2.45, 2.75) is 20.5 Å². The van der Waals surface area contributed by atoms with Crippen molar-refractivity contribution in [3.63, 3.8) is 0 Å². The first-order valence-electron chi connectivity index (χ1n) is 10.6. The van der Waals surface area contributed by atoms with E-state index in [1.807, 2.05) is 36.4 Å². The molecule has 0 unspecified atom stereocenters. The van der Waals surface area contributed by atoms with Gasteiger partial charge in [-0.3, -0.25) is 0 Å². The van der Waals surface area contributed by atoms with Gasteiger partial charge in [-0.25, -0.2) is 4.39 Å². The van der Waals surface area contributed by atoms with Crippen LogP contribution < -0.4 is 9.47 Å². The maximum absolute atomic E-state index is 13.7. The highest BCUT2D eigenvalue weighted by atomic mass is 19.1. The van der Waals surface area contributed by atoms with Crippen LogP contribution in [-0.4, -0.2) is 17.3 Å². The molecule has 0 radical (unpaired) electrons. The molecule has 0 aliphatic rings. The molecule has 0 heterocycles. The van der Waals surface area contributed by atoms with Crippen molar-refractivity contribution in [1.29, 1.82) is 0 Å². The summed E-state index contributed by atoms with van der Waals surface area (Å²) in [7, 11) is 1.52. The summed E-state index contributed by atoms with van der Waals surface area (Å²) in [5.74, 6) is 0.488. The number of halogens is 1.